The number of hydrogen-bond donors (Lipinski definition) is 0. The fourth-order valence-corrected chi connectivity index (χ4v) is 1.91. The van der Waals surface area contributed by atoms with Crippen LogP contribution in [0, 0.1) is 0 Å². The first-order valence-corrected chi connectivity index (χ1v) is 8.97. The average Bonchev–Trinajstić information content (AvgIpc) is 2.66. The van der Waals surface area contributed by atoms with Crippen molar-refractivity contribution in [3.8, 4) is 5.75 Å². The molecule has 0 radical (unpaired) electrons. The van der Waals surface area contributed by atoms with E-state index in [1.54, 1.807) is 0 Å². The molecule has 0 saturated heterocycles. The molecule has 1 heterocycles. The van der Waals surface area contributed by atoms with E-state index in [-0.39, 0.29) is 0 Å². The van der Waals surface area contributed by atoms with Gasteiger partial charge in [0.15, 0.2) is 0 Å². The molecule has 2 rings (SSSR count). The minimum absolute atomic E-state index is 0.671. The first kappa shape index (κ1) is 21.2. The van der Waals surface area contributed by atoms with E-state index in [4.69, 9.17) is 4.74 Å². The van der Waals surface area contributed by atoms with Gasteiger partial charge < -0.3 is 4.74 Å². The number of benzene rings is 1. The van der Waals surface area contributed by atoms with E-state index in [9.17, 15) is 0 Å². The monoisotopic (exact) mass is 315 g/mol. The summed E-state index contributed by atoms with van der Waals surface area (Å²) in [4.78, 5) is 4.43. The number of pyridine rings is 1. The maximum Gasteiger partial charge on any atom is 0.119 e. The van der Waals surface area contributed by atoms with Crippen molar-refractivity contribution in [2.45, 2.75) is 60.8 Å². The summed E-state index contributed by atoms with van der Waals surface area (Å²) in [5.74, 6) is 0.933. The van der Waals surface area contributed by atoms with E-state index in [0.29, 0.717) is 6.61 Å². The third-order valence-electron chi connectivity index (χ3n) is 3.25. The van der Waals surface area contributed by atoms with Crippen molar-refractivity contribution in [1.82, 2.24) is 4.98 Å². The zero-order valence-electron chi connectivity index (χ0n) is 15.7. The number of aromatic nitrogens is 1. The Balaban J connectivity index is 0.00000112. The lowest BCUT2D eigenvalue weighted by atomic mass is 10.2. The van der Waals surface area contributed by atoms with Crippen molar-refractivity contribution in [1.29, 1.82) is 0 Å². The summed E-state index contributed by atoms with van der Waals surface area (Å²) in [5, 5.41) is 0. The van der Waals surface area contributed by atoms with Crippen molar-refractivity contribution < 1.29 is 4.74 Å². The number of ether oxygens (including phenoxy) is 1. The number of nitrogens with zero attached hydrogens (tertiary/aromatic N) is 1. The van der Waals surface area contributed by atoms with Crippen LogP contribution in [-0.4, -0.2) is 11.6 Å². The van der Waals surface area contributed by atoms with Crippen LogP contribution in [0.15, 0.2) is 42.6 Å². The van der Waals surface area contributed by atoms with Crippen molar-refractivity contribution in [3.05, 3.63) is 59.4 Å². The molecule has 0 aliphatic carbocycles. The Morgan fingerprint density at radius 1 is 0.783 bits per heavy atom. The normalized spacial score (nSPS) is 9.13. The molecule has 0 unspecified atom stereocenters. The van der Waals surface area contributed by atoms with Crippen LogP contribution in [0.1, 0.15) is 58.4 Å². The van der Waals surface area contributed by atoms with Crippen LogP contribution < -0.4 is 4.74 Å². The predicted molar refractivity (Wildman–Crippen MR) is 101 cm³/mol. The Morgan fingerprint density at radius 2 is 1.35 bits per heavy atom. The standard InChI is InChI=1S/C17H21NO.2C2H6/c1-3-14-6-9-17(10-7-14)19-12-11-16-8-5-15(4-2)13-18-16;2*1-2/h5-10,13H,3-4,11-12H2,1-2H3;2*1-2H3. The zero-order valence-corrected chi connectivity index (χ0v) is 15.7. The van der Waals surface area contributed by atoms with Gasteiger partial charge in [-0.1, -0.05) is 59.7 Å². The molecule has 0 bridgehead atoms. The Kier molecular flexibility index (Phi) is 12.7. The molecule has 1 aromatic heterocycles. The minimum atomic E-state index is 0.671. The van der Waals surface area contributed by atoms with Crippen LogP contribution in [0.25, 0.3) is 0 Å². The number of aryl methyl sites for hydroxylation is 2. The van der Waals surface area contributed by atoms with Crippen LogP contribution >= 0.6 is 0 Å². The first-order valence-electron chi connectivity index (χ1n) is 8.97. The largest absolute Gasteiger partial charge is 0.493 e. The lowest BCUT2D eigenvalue weighted by Crippen LogP contribution is -2.03. The first-order chi connectivity index (χ1) is 11.3. The van der Waals surface area contributed by atoms with Gasteiger partial charge in [-0.15, -0.1) is 0 Å². The van der Waals surface area contributed by atoms with Crippen LogP contribution in [0.3, 0.4) is 0 Å². The van der Waals surface area contributed by atoms with Crippen LogP contribution in [0.4, 0.5) is 0 Å². The molecule has 0 N–H and O–H groups in total. The molecule has 0 fully saturated rings. The molecule has 128 valence electrons. The smallest absolute Gasteiger partial charge is 0.119 e. The Morgan fingerprint density at radius 3 is 1.83 bits per heavy atom. The summed E-state index contributed by atoms with van der Waals surface area (Å²) in [7, 11) is 0. The maximum absolute atomic E-state index is 5.73. The summed E-state index contributed by atoms with van der Waals surface area (Å²) in [6, 6.07) is 12.5. The van der Waals surface area contributed by atoms with Gasteiger partial charge in [0.1, 0.15) is 5.75 Å². The van der Waals surface area contributed by atoms with E-state index >= 15 is 0 Å². The Labute approximate surface area is 142 Å². The lowest BCUT2D eigenvalue weighted by molar-refractivity contribution is 0.320. The summed E-state index contributed by atoms with van der Waals surface area (Å²) < 4.78 is 5.73. The highest BCUT2D eigenvalue weighted by atomic mass is 16.5. The van der Waals surface area contributed by atoms with E-state index < -0.39 is 0 Å². The van der Waals surface area contributed by atoms with Gasteiger partial charge in [0.2, 0.25) is 0 Å². The quantitative estimate of drug-likeness (QED) is 0.664. The Bertz CT molecular complexity index is 441. The van der Waals surface area contributed by atoms with E-state index in [2.05, 4.69) is 43.1 Å². The predicted octanol–water partition coefficient (Wildman–Crippen LogP) is 5.88. The fourth-order valence-electron chi connectivity index (χ4n) is 1.91. The molecule has 0 saturated carbocycles. The topological polar surface area (TPSA) is 22.1 Å². The Hall–Kier alpha value is -1.83. The third-order valence-corrected chi connectivity index (χ3v) is 3.25. The summed E-state index contributed by atoms with van der Waals surface area (Å²) in [6.07, 6.45) is 4.90. The van der Waals surface area contributed by atoms with E-state index in [1.165, 1.54) is 11.1 Å². The second kappa shape index (κ2) is 13.8. The van der Waals surface area contributed by atoms with Gasteiger partial charge in [-0.25, -0.2) is 0 Å². The van der Waals surface area contributed by atoms with E-state index in [1.807, 2.05) is 46.0 Å². The molecule has 0 aliphatic heterocycles. The summed E-state index contributed by atoms with van der Waals surface area (Å²) in [5.41, 5.74) is 3.70. The van der Waals surface area contributed by atoms with Crippen molar-refractivity contribution in [2.24, 2.45) is 0 Å². The third kappa shape index (κ3) is 8.39. The average molecular weight is 316 g/mol. The number of hydrogen-bond acceptors (Lipinski definition) is 2. The number of rotatable bonds is 6. The summed E-state index contributed by atoms with van der Waals surface area (Å²) >= 11 is 0. The van der Waals surface area contributed by atoms with Crippen LogP contribution in [0.2, 0.25) is 0 Å². The highest BCUT2D eigenvalue weighted by molar-refractivity contribution is 5.27. The molecule has 0 aliphatic rings. The maximum atomic E-state index is 5.73. The molecule has 1 aromatic carbocycles. The molecule has 2 nitrogen and oxygen atoms in total. The molecule has 23 heavy (non-hydrogen) atoms. The second-order valence-electron chi connectivity index (χ2n) is 4.61. The summed E-state index contributed by atoms with van der Waals surface area (Å²) in [6.45, 7) is 13.0. The van der Waals surface area contributed by atoms with Gasteiger partial charge in [-0.05, 0) is 42.2 Å². The van der Waals surface area contributed by atoms with Gasteiger partial charge in [0.25, 0.3) is 0 Å². The zero-order chi connectivity index (χ0) is 17.5. The molecular formula is C21H33NO. The molecular weight excluding hydrogens is 282 g/mol. The van der Waals surface area contributed by atoms with Gasteiger partial charge >= 0.3 is 0 Å². The molecule has 2 heteroatoms. The second-order valence-corrected chi connectivity index (χ2v) is 4.61. The highest BCUT2D eigenvalue weighted by Gasteiger charge is 1.98. The van der Waals surface area contributed by atoms with Gasteiger partial charge in [-0.3, -0.25) is 4.98 Å². The van der Waals surface area contributed by atoms with Crippen LogP contribution in [-0.2, 0) is 19.3 Å². The van der Waals surface area contributed by atoms with Crippen LogP contribution in [0.5, 0.6) is 5.75 Å². The van der Waals surface area contributed by atoms with Crippen molar-refractivity contribution in [3.63, 3.8) is 0 Å². The highest BCUT2D eigenvalue weighted by Crippen LogP contribution is 2.13. The molecule has 2 aromatic rings. The van der Waals surface area contributed by atoms with Crippen molar-refractivity contribution >= 4 is 0 Å². The minimum Gasteiger partial charge on any atom is -0.493 e. The van der Waals surface area contributed by atoms with Gasteiger partial charge in [0, 0.05) is 18.3 Å². The molecule has 0 amide bonds. The SMILES string of the molecule is CC.CC.CCc1ccc(OCCc2ccc(CC)cn2)cc1. The molecule has 0 atom stereocenters. The van der Waals surface area contributed by atoms with Gasteiger partial charge in [0.05, 0.1) is 6.61 Å². The van der Waals surface area contributed by atoms with Gasteiger partial charge in [-0.2, -0.15) is 0 Å². The lowest BCUT2D eigenvalue weighted by Gasteiger charge is -2.07. The van der Waals surface area contributed by atoms with Crippen molar-refractivity contribution in [2.75, 3.05) is 6.61 Å². The van der Waals surface area contributed by atoms with E-state index in [0.717, 1.165) is 30.7 Å². The molecule has 0 spiro atoms. The fraction of sp³-hybridized carbons (Fsp3) is 0.476.